The van der Waals surface area contributed by atoms with E-state index < -0.39 is 0 Å². The van der Waals surface area contributed by atoms with Gasteiger partial charge in [-0.15, -0.1) is 0 Å². The molecule has 0 bridgehead atoms. The summed E-state index contributed by atoms with van der Waals surface area (Å²) in [4.78, 5) is 9.67. The van der Waals surface area contributed by atoms with Crippen LogP contribution in [0.15, 0.2) is 72.8 Å². The number of ether oxygens (including phenoxy) is 1. The van der Waals surface area contributed by atoms with Gasteiger partial charge in [0.2, 0.25) is 0 Å². The van der Waals surface area contributed by atoms with Gasteiger partial charge in [-0.25, -0.2) is 0 Å². The van der Waals surface area contributed by atoms with Gasteiger partial charge in [-0.1, -0.05) is 24.3 Å². The van der Waals surface area contributed by atoms with E-state index >= 15 is 0 Å². The Morgan fingerprint density at radius 1 is 0.353 bits per heavy atom. The Kier molecular flexibility index (Phi) is 14.4. The first-order valence-electron chi connectivity index (χ1n) is 19.7. The van der Waals surface area contributed by atoms with Gasteiger partial charge in [0.25, 0.3) is 0 Å². The lowest BCUT2D eigenvalue weighted by Crippen LogP contribution is -2.23. The van der Waals surface area contributed by atoms with Crippen molar-refractivity contribution in [3.05, 3.63) is 117 Å². The van der Waals surface area contributed by atoms with Crippen molar-refractivity contribution in [3.63, 3.8) is 0 Å². The molecule has 0 aliphatic rings. The van der Waals surface area contributed by atoms with Crippen molar-refractivity contribution >= 4 is 22.7 Å². The Morgan fingerprint density at radius 2 is 0.549 bits per heavy atom. The summed E-state index contributed by atoms with van der Waals surface area (Å²) in [7, 11) is 0. The maximum atomic E-state index is 7.68. The van der Waals surface area contributed by atoms with Crippen LogP contribution in [0.4, 0.5) is 22.7 Å². The van der Waals surface area contributed by atoms with Crippen LogP contribution in [0.2, 0.25) is 0 Å². The van der Waals surface area contributed by atoms with Crippen molar-refractivity contribution in [2.75, 3.05) is 72.0 Å². The van der Waals surface area contributed by atoms with Gasteiger partial charge in [-0.2, -0.15) is 0 Å². The number of nitrogens with zero attached hydrogens (tertiary/aromatic N) is 4. The molecule has 0 amide bonds. The first-order chi connectivity index (χ1) is 24.6. The van der Waals surface area contributed by atoms with Gasteiger partial charge in [-0.05, 0) is 176 Å². The quantitative estimate of drug-likeness (QED) is 0.103. The summed E-state index contributed by atoms with van der Waals surface area (Å²) in [6.45, 7) is 34.7. The third kappa shape index (κ3) is 8.92. The molecule has 4 aromatic carbocycles. The Hall–Kier alpha value is -3.96. The zero-order valence-corrected chi connectivity index (χ0v) is 33.9. The SMILES string of the molecule is CCN(CC)c1ccc(C(OC(c2ccc(N(CC)CC)cc2C)c2ccc(N(CC)CC)cc2C)c2ccc(N(CC)CC)cc2C)c(C)c1. The van der Waals surface area contributed by atoms with Crippen molar-refractivity contribution in [3.8, 4) is 0 Å². The second-order valence-corrected chi connectivity index (χ2v) is 13.7. The summed E-state index contributed by atoms with van der Waals surface area (Å²) < 4.78 is 7.68. The second kappa shape index (κ2) is 18.5. The van der Waals surface area contributed by atoms with E-state index in [9.17, 15) is 0 Å². The predicted molar refractivity (Wildman–Crippen MR) is 224 cm³/mol. The van der Waals surface area contributed by atoms with E-state index in [4.69, 9.17) is 4.74 Å². The fraction of sp³-hybridized carbons (Fsp3) is 0.478. The molecule has 0 fully saturated rings. The Labute approximate surface area is 311 Å². The number of anilines is 4. The van der Waals surface area contributed by atoms with E-state index in [1.165, 1.54) is 67.3 Å². The van der Waals surface area contributed by atoms with Crippen molar-refractivity contribution in [2.24, 2.45) is 0 Å². The number of rotatable bonds is 18. The number of hydrogen-bond donors (Lipinski definition) is 0. The van der Waals surface area contributed by atoms with E-state index in [0.717, 1.165) is 52.4 Å². The van der Waals surface area contributed by atoms with Crippen LogP contribution in [0.3, 0.4) is 0 Å². The van der Waals surface area contributed by atoms with Crippen LogP contribution in [0.1, 0.15) is 112 Å². The highest BCUT2D eigenvalue weighted by Gasteiger charge is 2.29. The third-order valence-corrected chi connectivity index (χ3v) is 10.9. The molecule has 0 saturated heterocycles. The normalized spacial score (nSPS) is 11.4. The minimum absolute atomic E-state index is 0.268. The van der Waals surface area contributed by atoms with Crippen molar-refractivity contribution in [1.82, 2.24) is 0 Å². The second-order valence-electron chi connectivity index (χ2n) is 13.7. The fourth-order valence-electron chi connectivity index (χ4n) is 7.72. The average Bonchev–Trinajstić information content (AvgIpc) is 3.12. The molecule has 4 rings (SSSR count). The van der Waals surface area contributed by atoms with Gasteiger partial charge < -0.3 is 24.3 Å². The lowest BCUT2D eigenvalue weighted by Gasteiger charge is -2.32. The van der Waals surface area contributed by atoms with E-state index in [0.29, 0.717) is 0 Å². The van der Waals surface area contributed by atoms with Gasteiger partial charge in [0.1, 0.15) is 12.2 Å². The van der Waals surface area contributed by atoms with Crippen LogP contribution in [0.5, 0.6) is 0 Å². The zero-order chi connectivity index (χ0) is 37.2. The van der Waals surface area contributed by atoms with Crippen LogP contribution < -0.4 is 19.6 Å². The largest absolute Gasteiger partial charge is 0.372 e. The molecule has 0 N–H and O–H groups in total. The van der Waals surface area contributed by atoms with Crippen LogP contribution in [-0.2, 0) is 4.74 Å². The van der Waals surface area contributed by atoms with Gasteiger partial charge in [-0.3, -0.25) is 0 Å². The van der Waals surface area contributed by atoms with Crippen molar-refractivity contribution in [1.29, 1.82) is 0 Å². The lowest BCUT2D eigenvalue weighted by atomic mass is 9.90. The number of aryl methyl sites for hydroxylation is 4. The van der Waals surface area contributed by atoms with Gasteiger partial charge >= 0.3 is 0 Å². The first-order valence-corrected chi connectivity index (χ1v) is 19.7. The molecule has 0 aromatic heterocycles. The highest BCUT2D eigenvalue weighted by Crippen LogP contribution is 2.42. The van der Waals surface area contributed by atoms with Crippen LogP contribution in [-0.4, -0.2) is 52.4 Å². The van der Waals surface area contributed by atoms with Crippen molar-refractivity contribution in [2.45, 2.75) is 95.3 Å². The van der Waals surface area contributed by atoms with Crippen LogP contribution in [0.25, 0.3) is 0 Å². The summed E-state index contributed by atoms with van der Waals surface area (Å²) in [6.07, 6.45) is -0.537. The minimum Gasteiger partial charge on any atom is -0.372 e. The minimum atomic E-state index is -0.268. The molecule has 51 heavy (non-hydrogen) atoms. The highest BCUT2D eigenvalue weighted by atomic mass is 16.5. The maximum absolute atomic E-state index is 7.68. The Bertz CT molecular complexity index is 1450. The summed E-state index contributed by atoms with van der Waals surface area (Å²) in [5, 5.41) is 0. The monoisotopic (exact) mass is 691 g/mol. The number of benzene rings is 4. The first kappa shape index (κ1) is 39.8. The van der Waals surface area contributed by atoms with Crippen LogP contribution in [0, 0.1) is 27.7 Å². The molecule has 0 saturated carbocycles. The number of hydrogen-bond acceptors (Lipinski definition) is 5. The highest BCUT2D eigenvalue weighted by molar-refractivity contribution is 5.58. The predicted octanol–water partition coefficient (Wildman–Crippen LogP) is 11.2. The zero-order valence-electron chi connectivity index (χ0n) is 33.9. The van der Waals surface area contributed by atoms with Gasteiger partial charge in [0, 0.05) is 75.1 Å². The average molecular weight is 691 g/mol. The summed E-state index contributed by atoms with van der Waals surface area (Å²) >= 11 is 0. The standard InChI is InChI=1S/C46H66N4O/c1-13-47(14-2)37-21-25-41(33(9)29-37)45(42-26-22-38(30-34(42)10)48(15-3)16-4)51-46(43-27-23-39(31-35(43)11)49(17-5)18-6)44-28-24-40(32-36(44)12)50(19-7)20-8/h21-32,45-46H,13-20H2,1-12H3. The van der Waals surface area contributed by atoms with E-state index in [2.05, 4.69) is 175 Å². The molecule has 0 heterocycles. The molecule has 0 aliphatic heterocycles. The summed E-state index contributed by atoms with van der Waals surface area (Å²) in [5.41, 5.74) is 14.9. The Morgan fingerprint density at radius 3 is 0.706 bits per heavy atom. The molecule has 0 aliphatic carbocycles. The van der Waals surface area contributed by atoms with E-state index in [-0.39, 0.29) is 12.2 Å². The fourth-order valence-corrected chi connectivity index (χ4v) is 7.72. The molecule has 5 nitrogen and oxygen atoms in total. The maximum Gasteiger partial charge on any atom is 0.109 e. The smallest absolute Gasteiger partial charge is 0.109 e. The third-order valence-electron chi connectivity index (χ3n) is 10.9. The van der Waals surface area contributed by atoms with Gasteiger partial charge in [0.05, 0.1) is 0 Å². The van der Waals surface area contributed by atoms with E-state index in [1.807, 2.05) is 0 Å². The molecular formula is C46H66N4O. The topological polar surface area (TPSA) is 22.2 Å². The molecule has 0 atom stereocenters. The Balaban J connectivity index is 1.96. The lowest BCUT2D eigenvalue weighted by molar-refractivity contribution is 0.0295. The summed E-state index contributed by atoms with van der Waals surface area (Å²) in [5.74, 6) is 0. The summed E-state index contributed by atoms with van der Waals surface area (Å²) in [6, 6.07) is 27.8. The molecule has 5 heteroatoms. The van der Waals surface area contributed by atoms with E-state index in [1.54, 1.807) is 0 Å². The molecular weight excluding hydrogens is 625 g/mol. The molecule has 0 spiro atoms. The molecule has 0 radical (unpaired) electrons. The molecule has 0 unspecified atom stereocenters. The van der Waals surface area contributed by atoms with Gasteiger partial charge in [0.15, 0.2) is 0 Å². The molecule has 276 valence electrons. The van der Waals surface area contributed by atoms with Crippen LogP contribution >= 0.6 is 0 Å². The molecule has 4 aromatic rings. The van der Waals surface area contributed by atoms with Crippen molar-refractivity contribution < 1.29 is 4.74 Å².